The Hall–Kier alpha value is -3.76. The number of nitrogens with zero attached hydrogens (tertiary/aromatic N) is 6. The SMILES string of the molecule is C[N+](C)(C/C=C/C(=O)Nc1cc2c(Nc3ccc(Br)c(Br)c3)ncnc2cn1)CC1=C([N+](=O)[O-])N=C(C(F)(F)F)C1. The summed E-state index contributed by atoms with van der Waals surface area (Å²) in [6.07, 6.45) is 0.310. The number of hydrogen-bond donors (Lipinski definition) is 2. The second-order valence-corrected chi connectivity index (χ2v) is 11.4. The largest absolute Gasteiger partial charge is 0.454 e. The number of pyridine rings is 1. The quantitative estimate of drug-likeness (QED) is 0.126. The Balaban J connectivity index is 1.41. The molecule has 0 saturated carbocycles. The lowest BCUT2D eigenvalue weighted by molar-refractivity contribution is -0.880. The first-order valence-electron chi connectivity index (χ1n) is 11.9. The number of fused-ring (bicyclic) bond motifs is 1. The number of benzene rings is 1. The van der Waals surface area contributed by atoms with Crippen LogP contribution in [0.2, 0.25) is 0 Å². The van der Waals surface area contributed by atoms with Crippen LogP contribution in [-0.4, -0.2) is 69.3 Å². The molecule has 1 aliphatic heterocycles. The molecule has 0 bridgehead atoms. The molecule has 0 unspecified atom stereocenters. The van der Waals surface area contributed by atoms with E-state index in [1.54, 1.807) is 20.2 Å². The predicted octanol–water partition coefficient (Wildman–Crippen LogP) is 5.76. The van der Waals surface area contributed by atoms with E-state index in [0.29, 0.717) is 16.7 Å². The normalized spacial score (nSPS) is 14.1. The van der Waals surface area contributed by atoms with Crippen molar-refractivity contribution in [1.82, 2.24) is 15.0 Å². The number of alkyl halides is 3. The highest BCUT2D eigenvalue weighted by Gasteiger charge is 2.47. The van der Waals surface area contributed by atoms with E-state index in [1.807, 2.05) is 18.2 Å². The molecule has 41 heavy (non-hydrogen) atoms. The van der Waals surface area contributed by atoms with E-state index in [2.05, 4.69) is 62.4 Å². The number of carbonyl (C=O) groups excluding carboxylic acids is 1. The van der Waals surface area contributed by atoms with Crippen molar-refractivity contribution in [3.05, 3.63) is 79.4 Å². The van der Waals surface area contributed by atoms with Gasteiger partial charge in [0.1, 0.15) is 24.5 Å². The molecular formula is C25H22Br2F3N8O3+. The smallest absolute Gasteiger partial charge is 0.358 e. The monoisotopic (exact) mass is 697 g/mol. The van der Waals surface area contributed by atoms with Crippen LogP contribution in [0.15, 0.2) is 74.3 Å². The number of rotatable bonds is 9. The van der Waals surface area contributed by atoms with E-state index in [1.165, 1.54) is 24.7 Å². The van der Waals surface area contributed by atoms with Crippen molar-refractivity contribution >= 4 is 71.7 Å². The summed E-state index contributed by atoms with van der Waals surface area (Å²) >= 11 is 6.89. The van der Waals surface area contributed by atoms with Gasteiger partial charge in [0, 0.05) is 26.1 Å². The zero-order valence-corrected chi connectivity index (χ0v) is 24.7. The molecule has 4 rings (SSSR count). The maximum absolute atomic E-state index is 13.0. The van der Waals surface area contributed by atoms with Crippen molar-refractivity contribution < 1.29 is 27.4 Å². The van der Waals surface area contributed by atoms with Gasteiger partial charge in [-0.2, -0.15) is 13.2 Å². The van der Waals surface area contributed by atoms with Crippen LogP contribution in [0.4, 0.5) is 30.5 Å². The summed E-state index contributed by atoms with van der Waals surface area (Å²) in [5.41, 5.74) is 0.114. The zero-order chi connectivity index (χ0) is 29.9. The number of likely N-dealkylation sites (N-methyl/N-ethyl adjacent to an activating group) is 1. The second-order valence-electron chi connectivity index (χ2n) is 9.65. The van der Waals surface area contributed by atoms with Crippen molar-refractivity contribution in [2.75, 3.05) is 37.8 Å². The van der Waals surface area contributed by atoms with Gasteiger partial charge in [-0.15, -0.1) is 0 Å². The maximum Gasteiger partial charge on any atom is 0.454 e. The van der Waals surface area contributed by atoms with Crippen molar-refractivity contribution in [3.8, 4) is 0 Å². The maximum atomic E-state index is 13.0. The van der Waals surface area contributed by atoms with Crippen LogP contribution < -0.4 is 10.6 Å². The molecule has 1 aromatic carbocycles. The van der Waals surface area contributed by atoms with E-state index in [-0.39, 0.29) is 29.0 Å². The molecule has 0 atom stereocenters. The van der Waals surface area contributed by atoms with Crippen LogP contribution in [0.5, 0.6) is 0 Å². The summed E-state index contributed by atoms with van der Waals surface area (Å²) in [7, 11) is 3.36. The average Bonchev–Trinajstić information content (AvgIpc) is 3.30. The first kappa shape index (κ1) is 30.2. The number of aromatic nitrogens is 3. The molecule has 0 aliphatic carbocycles. The van der Waals surface area contributed by atoms with Crippen LogP contribution >= 0.6 is 31.9 Å². The molecule has 1 aliphatic rings. The fraction of sp³-hybridized carbons (Fsp3) is 0.240. The van der Waals surface area contributed by atoms with Gasteiger partial charge in [-0.25, -0.2) is 15.0 Å². The van der Waals surface area contributed by atoms with Crippen LogP contribution in [0, 0.1) is 10.1 Å². The van der Waals surface area contributed by atoms with E-state index < -0.39 is 35.0 Å². The highest BCUT2D eigenvalue weighted by Crippen LogP contribution is 2.32. The third kappa shape index (κ3) is 7.71. The number of quaternary nitrogens is 1. The Morgan fingerprint density at radius 1 is 1.17 bits per heavy atom. The summed E-state index contributed by atoms with van der Waals surface area (Å²) < 4.78 is 40.9. The minimum Gasteiger partial charge on any atom is -0.358 e. The van der Waals surface area contributed by atoms with E-state index >= 15 is 0 Å². The molecule has 0 spiro atoms. The molecule has 2 aromatic heterocycles. The summed E-state index contributed by atoms with van der Waals surface area (Å²) in [5.74, 6) is -0.518. The van der Waals surface area contributed by atoms with Crippen molar-refractivity contribution in [3.63, 3.8) is 0 Å². The Kier molecular flexibility index (Phi) is 8.84. The Morgan fingerprint density at radius 2 is 1.93 bits per heavy atom. The highest BCUT2D eigenvalue weighted by atomic mass is 79.9. The lowest BCUT2D eigenvalue weighted by Gasteiger charge is -2.28. The second kappa shape index (κ2) is 12.0. The Labute approximate surface area is 248 Å². The van der Waals surface area contributed by atoms with E-state index in [4.69, 9.17) is 0 Å². The molecule has 3 aromatic rings. The number of carbonyl (C=O) groups is 1. The predicted molar refractivity (Wildman–Crippen MR) is 154 cm³/mol. The number of nitro groups is 1. The molecule has 0 fully saturated rings. The number of amides is 1. The Morgan fingerprint density at radius 3 is 2.61 bits per heavy atom. The van der Waals surface area contributed by atoms with Gasteiger partial charge in [0.25, 0.3) is 0 Å². The van der Waals surface area contributed by atoms with E-state index in [0.717, 1.165) is 14.6 Å². The summed E-state index contributed by atoms with van der Waals surface area (Å²) in [4.78, 5) is 38.8. The molecule has 214 valence electrons. The fourth-order valence-corrected chi connectivity index (χ4v) is 4.65. The zero-order valence-electron chi connectivity index (χ0n) is 21.5. The van der Waals surface area contributed by atoms with Crippen molar-refractivity contribution in [2.45, 2.75) is 12.6 Å². The molecule has 0 saturated heterocycles. The average molecular weight is 699 g/mol. The number of aliphatic imine (C=N–C) groups is 1. The van der Waals surface area contributed by atoms with Crippen LogP contribution in [0.1, 0.15) is 6.42 Å². The van der Waals surface area contributed by atoms with Crippen LogP contribution in [0.3, 0.4) is 0 Å². The molecule has 1 amide bonds. The summed E-state index contributed by atoms with van der Waals surface area (Å²) in [6, 6.07) is 7.23. The summed E-state index contributed by atoms with van der Waals surface area (Å²) in [5, 5.41) is 17.7. The molecule has 0 radical (unpaired) electrons. The minimum atomic E-state index is -4.74. The van der Waals surface area contributed by atoms with Gasteiger partial charge in [0.2, 0.25) is 11.6 Å². The lowest BCUT2D eigenvalue weighted by Crippen LogP contribution is -2.42. The molecule has 16 heteroatoms. The first-order valence-corrected chi connectivity index (χ1v) is 13.4. The van der Waals surface area contributed by atoms with Crippen molar-refractivity contribution in [1.29, 1.82) is 0 Å². The lowest BCUT2D eigenvalue weighted by atomic mass is 10.1. The van der Waals surface area contributed by atoms with Crippen molar-refractivity contribution in [2.24, 2.45) is 4.99 Å². The topological polar surface area (TPSA) is 135 Å². The molecular weight excluding hydrogens is 677 g/mol. The van der Waals surface area contributed by atoms with Crippen LogP contribution in [0.25, 0.3) is 10.9 Å². The first-order chi connectivity index (χ1) is 19.2. The van der Waals surface area contributed by atoms with Gasteiger partial charge in [-0.1, -0.05) is 0 Å². The summed E-state index contributed by atoms with van der Waals surface area (Å²) in [6.45, 7) is 0.154. The number of hydrogen-bond acceptors (Lipinski definition) is 8. The highest BCUT2D eigenvalue weighted by molar-refractivity contribution is 9.13. The molecule has 3 heterocycles. The van der Waals surface area contributed by atoms with Gasteiger partial charge < -0.3 is 25.2 Å². The van der Waals surface area contributed by atoms with Gasteiger partial charge >= 0.3 is 12.0 Å². The number of halogens is 5. The van der Waals surface area contributed by atoms with Gasteiger partial charge in [-0.3, -0.25) is 4.79 Å². The Bertz CT molecular complexity index is 1620. The minimum absolute atomic E-state index is 0.0207. The van der Waals surface area contributed by atoms with Gasteiger partial charge in [0.05, 0.1) is 44.3 Å². The van der Waals surface area contributed by atoms with Crippen LogP contribution in [-0.2, 0) is 4.79 Å². The third-order valence-corrected chi connectivity index (χ3v) is 7.76. The van der Waals surface area contributed by atoms with Gasteiger partial charge in [0.15, 0.2) is 0 Å². The fourth-order valence-electron chi connectivity index (χ4n) is 4.02. The molecule has 11 nitrogen and oxygen atoms in total. The number of nitrogens with one attached hydrogen (secondary N) is 2. The molecule has 2 N–H and O–H groups in total. The van der Waals surface area contributed by atoms with E-state index in [9.17, 15) is 28.1 Å². The third-order valence-electron chi connectivity index (χ3n) is 5.88. The number of anilines is 3. The van der Waals surface area contributed by atoms with Gasteiger partial charge in [-0.05, 0) is 72.1 Å². The standard InChI is InChI=1S/C25H21Br2F3N8O3/c1-38(2,12-14-8-20(25(28,29)30)35-24(14)37(40)41)7-3-4-22(39)36-21-10-16-19(11-31-21)32-13-33-23(16)34-15-5-6-17(26)18(27)9-15/h3-6,9-11,13H,7-8,12H2,1-2H3,(H-,31,32,33,34,36,39)/p+1/b4-3+.